The minimum Gasteiger partial charge on any atom is -0.341 e. The number of nitrogens with zero attached hydrogens (tertiary/aromatic N) is 4. The van der Waals surface area contributed by atoms with Gasteiger partial charge in [0.15, 0.2) is 0 Å². The van der Waals surface area contributed by atoms with Crippen molar-refractivity contribution in [1.82, 2.24) is 19.6 Å². The number of hydrogen-bond donors (Lipinski definition) is 0. The van der Waals surface area contributed by atoms with Crippen molar-refractivity contribution in [3.8, 4) is 0 Å². The molecule has 0 N–H and O–H groups in total. The summed E-state index contributed by atoms with van der Waals surface area (Å²) < 4.78 is 0. The van der Waals surface area contributed by atoms with Crippen LogP contribution in [-0.2, 0) is 14.4 Å². The Morgan fingerprint density at radius 2 is 1.53 bits per heavy atom. The molecule has 0 aromatic heterocycles. The van der Waals surface area contributed by atoms with Crippen molar-refractivity contribution in [3.63, 3.8) is 0 Å². The van der Waals surface area contributed by atoms with Crippen LogP contribution in [0.4, 0.5) is 0 Å². The van der Waals surface area contributed by atoms with Crippen molar-refractivity contribution >= 4 is 17.7 Å². The van der Waals surface area contributed by atoms with E-state index < -0.39 is 0 Å². The van der Waals surface area contributed by atoms with Gasteiger partial charge in [0.2, 0.25) is 17.7 Å². The van der Waals surface area contributed by atoms with Crippen LogP contribution in [-0.4, -0.2) is 95.7 Å². The Bertz CT molecular complexity index is 618. The van der Waals surface area contributed by atoms with Crippen LogP contribution in [0.3, 0.4) is 0 Å². The van der Waals surface area contributed by atoms with Gasteiger partial charge in [0.25, 0.3) is 0 Å². The van der Waals surface area contributed by atoms with Crippen molar-refractivity contribution in [1.29, 1.82) is 0 Å². The molecule has 3 atom stereocenters. The highest BCUT2D eigenvalue weighted by Gasteiger charge is 2.39. The predicted molar refractivity (Wildman–Crippen MR) is 117 cm³/mol. The number of piperazine rings is 1. The second-order valence-electron chi connectivity index (χ2n) is 9.76. The fraction of sp³-hybridized carbons (Fsp3) is 0.870. The number of hydrogen-bond acceptors (Lipinski definition) is 4. The van der Waals surface area contributed by atoms with Gasteiger partial charge in [0.05, 0.1) is 12.5 Å². The molecule has 7 nitrogen and oxygen atoms in total. The van der Waals surface area contributed by atoms with Crippen LogP contribution in [0.25, 0.3) is 0 Å². The Morgan fingerprint density at radius 1 is 0.933 bits per heavy atom. The normalized spacial score (nSPS) is 28.5. The molecule has 3 saturated heterocycles. The number of carbonyl (C=O) groups is 3. The van der Waals surface area contributed by atoms with Gasteiger partial charge in [-0.1, -0.05) is 27.7 Å². The zero-order chi connectivity index (χ0) is 21.8. The van der Waals surface area contributed by atoms with Crippen molar-refractivity contribution < 1.29 is 14.4 Å². The van der Waals surface area contributed by atoms with Crippen LogP contribution < -0.4 is 0 Å². The van der Waals surface area contributed by atoms with Gasteiger partial charge >= 0.3 is 0 Å². The van der Waals surface area contributed by atoms with E-state index in [-0.39, 0.29) is 29.7 Å². The molecule has 3 aliphatic heterocycles. The first-order valence-electron chi connectivity index (χ1n) is 11.9. The van der Waals surface area contributed by atoms with Gasteiger partial charge in [0, 0.05) is 58.3 Å². The summed E-state index contributed by atoms with van der Waals surface area (Å²) in [5, 5.41) is 0. The maximum Gasteiger partial charge on any atom is 0.236 e. The SMILES string of the molecule is CCC(CC)N1CC(C(=O)N2CCN(CC(=O)N3CC(C)CC(C)C3)CC2)CC1=O. The summed E-state index contributed by atoms with van der Waals surface area (Å²) in [6, 6.07) is 0.249. The lowest BCUT2D eigenvalue weighted by Gasteiger charge is -2.39. The van der Waals surface area contributed by atoms with Gasteiger partial charge in [-0.2, -0.15) is 0 Å². The fourth-order valence-corrected chi connectivity index (χ4v) is 5.52. The molecule has 0 radical (unpaired) electrons. The van der Waals surface area contributed by atoms with Crippen LogP contribution in [0, 0.1) is 17.8 Å². The Hall–Kier alpha value is -1.63. The monoisotopic (exact) mass is 420 g/mol. The van der Waals surface area contributed by atoms with E-state index in [0.717, 1.165) is 39.0 Å². The zero-order valence-corrected chi connectivity index (χ0v) is 19.3. The van der Waals surface area contributed by atoms with Gasteiger partial charge in [0.1, 0.15) is 0 Å². The summed E-state index contributed by atoms with van der Waals surface area (Å²) in [4.78, 5) is 46.1. The number of likely N-dealkylation sites (tertiary alicyclic amines) is 2. The lowest BCUT2D eigenvalue weighted by molar-refractivity contribution is -0.139. The molecule has 0 bridgehead atoms. The van der Waals surface area contributed by atoms with Gasteiger partial charge in [-0.15, -0.1) is 0 Å². The van der Waals surface area contributed by atoms with Crippen molar-refractivity contribution in [2.45, 2.75) is 59.4 Å². The Balaban J connectivity index is 1.45. The van der Waals surface area contributed by atoms with E-state index in [9.17, 15) is 14.4 Å². The summed E-state index contributed by atoms with van der Waals surface area (Å²) in [6.07, 6.45) is 3.41. The first-order valence-corrected chi connectivity index (χ1v) is 11.9. The van der Waals surface area contributed by atoms with E-state index in [1.165, 1.54) is 6.42 Å². The van der Waals surface area contributed by atoms with E-state index in [2.05, 4.69) is 32.6 Å². The van der Waals surface area contributed by atoms with E-state index in [0.29, 0.717) is 44.4 Å². The van der Waals surface area contributed by atoms with Gasteiger partial charge in [-0.25, -0.2) is 0 Å². The van der Waals surface area contributed by atoms with Crippen LogP contribution in [0.15, 0.2) is 0 Å². The molecule has 30 heavy (non-hydrogen) atoms. The molecule has 0 aromatic rings. The average Bonchev–Trinajstić information content (AvgIpc) is 3.10. The molecule has 3 heterocycles. The van der Waals surface area contributed by atoms with E-state index in [4.69, 9.17) is 0 Å². The topological polar surface area (TPSA) is 64.2 Å². The Morgan fingerprint density at radius 3 is 2.10 bits per heavy atom. The maximum absolute atomic E-state index is 13.0. The summed E-state index contributed by atoms with van der Waals surface area (Å²) in [7, 11) is 0. The summed E-state index contributed by atoms with van der Waals surface area (Å²) in [6.45, 7) is 14.1. The molecule has 0 aliphatic carbocycles. The molecule has 3 aliphatic rings. The predicted octanol–water partition coefficient (Wildman–Crippen LogP) is 1.67. The van der Waals surface area contributed by atoms with Crippen molar-refractivity contribution in [2.75, 3.05) is 52.4 Å². The number of piperidine rings is 1. The standard InChI is InChI=1S/C23H40N4O3/c1-5-20(6-2)27-15-19(12-21(27)28)23(30)25-9-7-24(8-10-25)16-22(29)26-13-17(3)11-18(4)14-26/h17-20H,5-16H2,1-4H3. The largest absolute Gasteiger partial charge is 0.341 e. The molecule has 170 valence electrons. The van der Waals surface area contributed by atoms with Gasteiger partial charge in [-0.05, 0) is 31.1 Å². The van der Waals surface area contributed by atoms with Gasteiger partial charge in [-0.3, -0.25) is 19.3 Å². The molecule has 7 heteroatoms. The molecule has 3 amide bonds. The van der Waals surface area contributed by atoms with Crippen molar-refractivity contribution in [2.24, 2.45) is 17.8 Å². The average molecular weight is 421 g/mol. The molecular weight excluding hydrogens is 380 g/mol. The first kappa shape index (κ1) is 23.0. The Labute approximate surface area is 181 Å². The van der Waals surface area contributed by atoms with E-state index >= 15 is 0 Å². The smallest absolute Gasteiger partial charge is 0.236 e. The number of amides is 3. The van der Waals surface area contributed by atoms with Crippen LogP contribution in [0.1, 0.15) is 53.4 Å². The highest BCUT2D eigenvalue weighted by Crippen LogP contribution is 2.25. The minimum absolute atomic E-state index is 0.112. The summed E-state index contributed by atoms with van der Waals surface area (Å²) in [5.41, 5.74) is 0. The highest BCUT2D eigenvalue weighted by atomic mass is 16.2. The summed E-state index contributed by atoms with van der Waals surface area (Å²) in [5.74, 6) is 1.39. The van der Waals surface area contributed by atoms with Crippen molar-refractivity contribution in [3.05, 3.63) is 0 Å². The molecule has 3 unspecified atom stereocenters. The Kier molecular flexibility index (Phi) is 7.77. The quantitative estimate of drug-likeness (QED) is 0.656. The molecule has 0 aromatic carbocycles. The first-order chi connectivity index (χ1) is 14.3. The molecule has 3 rings (SSSR count). The lowest BCUT2D eigenvalue weighted by atomic mass is 9.92. The summed E-state index contributed by atoms with van der Waals surface area (Å²) >= 11 is 0. The van der Waals surface area contributed by atoms with Crippen LogP contribution >= 0.6 is 0 Å². The molecular formula is C23H40N4O3. The third kappa shape index (κ3) is 5.34. The molecule has 3 fully saturated rings. The van der Waals surface area contributed by atoms with Crippen LogP contribution in [0.2, 0.25) is 0 Å². The number of carbonyl (C=O) groups excluding carboxylic acids is 3. The lowest BCUT2D eigenvalue weighted by Crippen LogP contribution is -2.54. The van der Waals surface area contributed by atoms with E-state index in [1.807, 2.05) is 14.7 Å². The maximum atomic E-state index is 13.0. The zero-order valence-electron chi connectivity index (χ0n) is 19.3. The fourth-order valence-electron chi connectivity index (χ4n) is 5.52. The third-order valence-corrected chi connectivity index (χ3v) is 7.16. The highest BCUT2D eigenvalue weighted by molar-refractivity contribution is 5.89. The van der Waals surface area contributed by atoms with Crippen LogP contribution in [0.5, 0.6) is 0 Å². The third-order valence-electron chi connectivity index (χ3n) is 7.16. The van der Waals surface area contributed by atoms with E-state index in [1.54, 1.807) is 0 Å². The second kappa shape index (κ2) is 10.1. The molecule has 0 saturated carbocycles. The number of rotatable bonds is 6. The second-order valence-corrected chi connectivity index (χ2v) is 9.76. The van der Waals surface area contributed by atoms with Gasteiger partial charge < -0.3 is 14.7 Å². The molecule has 0 spiro atoms. The minimum atomic E-state index is -0.206.